The molecule has 1 atom stereocenters. The molecule has 0 aromatic carbocycles. The van der Waals surface area contributed by atoms with Crippen molar-refractivity contribution in [3.63, 3.8) is 0 Å². The molecule has 18 heavy (non-hydrogen) atoms. The number of hydrogen-bond acceptors (Lipinski definition) is 5. The fraction of sp³-hybridized carbons (Fsp3) is 0.556. The first-order valence-corrected chi connectivity index (χ1v) is 6.79. The minimum absolute atomic E-state index is 0.191. The average Bonchev–Trinajstić information content (AvgIpc) is 2.77. The summed E-state index contributed by atoms with van der Waals surface area (Å²) in [6.45, 7) is 1.37. The Kier molecular flexibility index (Phi) is 4.82. The van der Waals surface area contributed by atoms with Crippen LogP contribution in [-0.4, -0.2) is 47.2 Å². The predicted octanol–water partition coefficient (Wildman–Crippen LogP) is -0.914. The first-order chi connectivity index (χ1) is 8.40. The molecule has 1 unspecified atom stereocenters. The van der Waals surface area contributed by atoms with Gasteiger partial charge in [0.25, 0.3) is 10.0 Å². The number of nitrogens with zero attached hydrogens (tertiary/aromatic N) is 1. The number of aliphatic hydroxyl groups excluding tert-OH is 1. The molecular formula is C9H15N3O5S. The Bertz CT molecular complexity index is 510. The molecule has 0 saturated heterocycles. The summed E-state index contributed by atoms with van der Waals surface area (Å²) >= 11 is 0. The average molecular weight is 277 g/mol. The van der Waals surface area contributed by atoms with Gasteiger partial charge in [0.15, 0.2) is 5.03 Å². The van der Waals surface area contributed by atoms with Gasteiger partial charge in [0.1, 0.15) is 11.9 Å². The van der Waals surface area contributed by atoms with Crippen LogP contribution in [0.5, 0.6) is 0 Å². The van der Waals surface area contributed by atoms with Gasteiger partial charge in [0.2, 0.25) is 0 Å². The van der Waals surface area contributed by atoms with E-state index in [0.717, 1.165) is 6.20 Å². The van der Waals surface area contributed by atoms with Gasteiger partial charge in [0, 0.05) is 13.0 Å². The van der Waals surface area contributed by atoms with Crippen molar-refractivity contribution in [2.45, 2.75) is 30.8 Å². The lowest BCUT2D eigenvalue weighted by atomic mass is 10.2. The Labute approximate surface area is 104 Å². The number of imidazole rings is 1. The van der Waals surface area contributed by atoms with Crippen LogP contribution in [0, 0.1) is 0 Å². The Morgan fingerprint density at radius 3 is 2.72 bits per heavy atom. The van der Waals surface area contributed by atoms with Crippen LogP contribution in [0.4, 0.5) is 0 Å². The standard InChI is InChI=1S/C9H15N3O5S/c1-2-7-10-5-8(11-7)18(16,17)12-6(3-4-13)9(14)15/h5-6,12-13H,2-4H2,1H3,(H,10,11)(H,14,15). The van der Waals surface area contributed by atoms with Crippen molar-refractivity contribution >= 4 is 16.0 Å². The maximum Gasteiger partial charge on any atom is 0.321 e. The predicted molar refractivity (Wildman–Crippen MR) is 61.4 cm³/mol. The van der Waals surface area contributed by atoms with Gasteiger partial charge in [-0.1, -0.05) is 6.92 Å². The van der Waals surface area contributed by atoms with E-state index in [9.17, 15) is 13.2 Å². The van der Waals surface area contributed by atoms with Crippen molar-refractivity contribution in [2.75, 3.05) is 6.61 Å². The highest BCUT2D eigenvalue weighted by molar-refractivity contribution is 7.89. The van der Waals surface area contributed by atoms with E-state index in [-0.39, 0.29) is 11.4 Å². The monoisotopic (exact) mass is 277 g/mol. The number of nitrogens with one attached hydrogen (secondary N) is 2. The molecule has 0 spiro atoms. The van der Waals surface area contributed by atoms with Gasteiger partial charge in [-0.2, -0.15) is 4.72 Å². The molecule has 0 aliphatic heterocycles. The molecule has 102 valence electrons. The number of carboxylic acids is 1. The SMILES string of the molecule is CCc1ncc(S(=O)(=O)NC(CCO)C(=O)O)[nH]1. The summed E-state index contributed by atoms with van der Waals surface area (Å²) in [4.78, 5) is 17.2. The Hall–Kier alpha value is -1.45. The second kappa shape index (κ2) is 5.94. The number of rotatable bonds is 7. The van der Waals surface area contributed by atoms with E-state index in [1.807, 2.05) is 4.72 Å². The van der Waals surface area contributed by atoms with Gasteiger partial charge in [-0.3, -0.25) is 4.79 Å². The quantitative estimate of drug-likeness (QED) is 0.510. The molecular weight excluding hydrogens is 262 g/mol. The molecule has 1 heterocycles. The zero-order valence-corrected chi connectivity index (χ0v) is 10.6. The number of aliphatic hydroxyl groups is 1. The van der Waals surface area contributed by atoms with Crippen LogP contribution in [0.2, 0.25) is 0 Å². The highest BCUT2D eigenvalue weighted by atomic mass is 32.2. The van der Waals surface area contributed by atoms with Gasteiger partial charge in [-0.15, -0.1) is 0 Å². The third kappa shape index (κ3) is 3.52. The van der Waals surface area contributed by atoms with Crippen molar-refractivity contribution in [3.05, 3.63) is 12.0 Å². The summed E-state index contributed by atoms with van der Waals surface area (Å²) in [6, 6.07) is -1.37. The van der Waals surface area contributed by atoms with Crippen molar-refractivity contribution in [1.82, 2.24) is 14.7 Å². The minimum Gasteiger partial charge on any atom is -0.480 e. The number of aromatic amines is 1. The topological polar surface area (TPSA) is 132 Å². The van der Waals surface area contributed by atoms with Gasteiger partial charge < -0.3 is 15.2 Å². The smallest absolute Gasteiger partial charge is 0.321 e. The lowest BCUT2D eigenvalue weighted by Gasteiger charge is -2.12. The fourth-order valence-electron chi connectivity index (χ4n) is 1.27. The van der Waals surface area contributed by atoms with Crippen LogP contribution >= 0.6 is 0 Å². The molecule has 0 aliphatic carbocycles. The van der Waals surface area contributed by atoms with Gasteiger partial charge in [-0.05, 0) is 6.42 Å². The molecule has 0 aliphatic rings. The summed E-state index contributed by atoms with van der Waals surface area (Å²) < 4.78 is 25.6. The second-order valence-corrected chi connectivity index (χ2v) is 5.25. The molecule has 0 radical (unpaired) electrons. The van der Waals surface area contributed by atoms with Crippen molar-refractivity contribution < 1.29 is 23.4 Å². The maximum atomic E-state index is 11.8. The van der Waals surface area contributed by atoms with Crippen LogP contribution in [0.3, 0.4) is 0 Å². The van der Waals surface area contributed by atoms with Crippen LogP contribution in [-0.2, 0) is 21.2 Å². The van der Waals surface area contributed by atoms with Gasteiger partial charge in [-0.25, -0.2) is 13.4 Å². The third-order valence-electron chi connectivity index (χ3n) is 2.24. The summed E-state index contributed by atoms with van der Waals surface area (Å²) in [5, 5.41) is 17.3. The highest BCUT2D eigenvalue weighted by Gasteiger charge is 2.26. The van der Waals surface area contributed by atoms with Crippen molar-refractivity contribution in [1.29, 1.82) is 0 Å². The summed E-state index contributed by atoms with van der Waals surface area (Å²) in [5.41, 5.74) is 0. The molecule has 0 amide bonds. The van der Waals surface area contributed by atoms with E-state index in [1.54, 1.807) is 6.92 Å². The molecule has 1 aromatic rings. The fourth-order valence-corrected chi connectivity index (χ4v) is 2.44. The molecule has 0 bridgehead atoms. The number of H-pyrrole nitrogens is 1. The molecule has 0 fully saturated rings. The summed E-state index contributed by atoms with van der Waals surface area (Å²) in [5.74, 6) is -0.854. The first kappa shape index (κ1) is 14.6. The molecule has 0 saturated carbocycles. The van der Waals surface area contributed by atoms with E-state index in [2.05, 4.69) is 9.97 Å². The normalized spacial score (nSPS) is 13.4. The number of sulfonamides is 1. The Morgan fingerprint density at radius 1 is 1.61 bits per heavy atom. The van der Waals surface area contributed by atoms with E-state index in [0.29, 0.717) is 12.2 Å². The largest absolute Gasteiger partial charge is 0.480 e. The number of aliphatic carboxylic acids is 1. The number of carboxylic acid groups (broad SMARTS) is 1. The van der Waals surface area contributed by atoms with Crippen LogP contribution < -0.4 is 4.72 Å². The van der Waals surface area contributed by atoms with Crippen LogP contribution in [0.15, 0.2) is 11.2 Å². The van der Waals surface area contributed by atoms with Crippen LogP contribution in [0.1, 0.15) is 19.2 Å². The molecule has 9 heteroatoms. The Morgan fingerprint density at radius 2 is 2.28 bits per heavy atom. The van der Waals surface area contributed by atoms with Crippen molar-refractivity contribution in [2.24, 2.45) is 0 Å². The lowest BCUT2D eigenvalue weighted by molar-refractivity contribution is -0.139. The molecule has 1 rings (SSSR count). The zero-order valence-electron chi connectivity index (χ0n) is 9.75. The maximum absolute atomic E-state index is 11.8. The zero-order chi connectivity index (χ0) is 13.8. The number of hydrogen-bond donors (Lipinski definition) is 4. The van der Waals surface area contributed by atoms with Gasteiger partial charge in [0.05, 0.1) is 6.20 Å². The lowest BCUT2D eigenvalue weighted by Crippen LogP contribution is -2.41. The van der Waals surface area contributed by atoms with E-state index >= 15 is 0 Å². The number of carbonyl (C=O) groups is 1. The van der Waals surface area contributed by atoms with E-state index in [1.165, 1.54) is 0 Å². The first-order valence-electron chi connectivity index (χ1n) is 5.30. The van der Waals surface area contributed by atoms with Crippen molar-refractivity contribution in [3.8, 4) is 0 Å². The molecule has 8 nitrogen and oxygen atoms in total. The highest BCUT2D eigenvalue weighted by Crippen LogP contribution is 2.07. The van der Waals surface area contributed by atoms with Crippen LogP contribution in [0.25, 0.3) is 0 Å². The minimum atomic E-state index is -3.98. The Balaban J connectivity index is 2.89. The van der Waals surface area contributed by atoms with Gasteiger partial charge >= 0.3 is 5.97 Å². The third-order valence-corrected chi connectivity index (χ3v) is 3.62. The molecule has 1 aromatic heterocycles. The van der Waals surface area contributed by atoms with E-state index in [4.69, 9.17) is 10.2 Å². The number of aryl methyl sites for hydroxylation is 1. The second-order valence-electron chi connectivity index (χ2n) is 3.57. The molecule has 4 N–H and O–H groups in total. The number of aromatic nitrogens is 2. The summed E-state index contributed by atoms with van der Waals surface area (Å²) in [7, 11) is -3.98. The summed E-state index contributed by atoms with van der Waals surface area (Å²) in [6.07, 6.45) is 1.46. The van der Waals surface area contributed by atoms with E-state index < -0.39 is 28.6 Å².